The number of nitrogens with zero attached hydrogens (tertiary/aromatic N) is 1. The lowest BCUT2D eigenvalue weighted by atomic mass is 9.89. The van der Waals surface area contributed by atoms with Gasteiger partial charge in [0.15, 0.2) is 0 Å². The van der Waals surface area contributed by atoms with Crippen LogP contribution in [0.2, 0.25) is 5.02 Å². The molecule has 0 aromatic heterocycles. The number of halogens is 2. The van der Waals surface area contributed by atoms with Crippen molar-refractivity contribution in [1.82, 2.24) is 4.90 Å². The minimum Gasteiger partial charge on any atom is -0.306 e. The smallest absolute Gasteiger partial charge is 0.125 e. The zero-order chi connectivity index (χ0) is 12.4. The molecular formula is C14H17ClFN. The highest BCUT2D eigenvalue weighted by Gasteiger charge is 2.18. The molecule has 0 spiro atoms. The summed E-state index contributed by atoms with van der Waals surface area (Å²) in [4.78, 5) is 2.23. The number of rotatable bonds is 2. The van der Waals surface area contributed by atoms with Crippen molar-refractivity contribution in [1.29, 1.82) is 0 Å². The first-order valence-electron chi connectivity index (χ1n) is 5.88. The molecule has 1 aliphatic rings. The van der Waals surface area contributed by atoms with Gasteiger partial charge in [-0.3, -0.25) is 0 Å². The van der Waals surface area contributed by atoms with E-state index in [0.717, 1.165) is 18.4 Å². The molecule has 1 unspecified atom stereocenters. The number of allylic oxidation sites excluding steroid dienone is 1. The Labute approximate surface area is 107 Å². The van der Waals surface area contributed by atoms with Crippen LogP contribution in [-0.4, -0.2) is 25.0 Å². The van der Waals surface area contributed by atoms with E-state index in [4.69, 9.17) is 11.6 Å². The summed E-state index contributed by atoms with van der Waals surface area (Å²) >= 11 is 5.89. The minimum atomic E-state index is -0.264. The highest BCUT2D eigenvalue weighted by Crippen LogP contribution is 2.30. The molecule has 17 heavy (non-hydrogen) atoms. The Morgan fingerprint density at radius 2 is 2.06 bits per heavy atom. The van der Waals surface area contributed by atoms with E-state index in [1.54, 1.807) is 6.07 Å². The Bertz CT molecular complexity index is 420. The Balaban J connectivity index is 2.25. The van der Waals surface area contributed by atoms with Crippen molar-refractivity contribution in [2.24, 2.45) is 0 Å². The van der Waals surface area contributed by atoms with E-state index < -0.39 is 0 Å². The molecule has 0 bridgehead atoms. The predicted molar refractivity (Wildman–Crippen MR) is 70.7 cm³/mol. The summed E-state index contributed by atoms with van der Waals surface area (Å²) in [6.45, 7) is 0. The number of hydrogen-bond donors (Lipinski definition) is 0. The summed E-state index contributed by atoms with van der Waals surface area (Å²) in [6, 6.07) is 5.29. The van der Waals surface area contributed by atoms with Crippen molar-refractivity contribution in [3.63, 3.8) is 0 Å². The fourth-order valence-corrected chi connectivity index (χ4v) is 2.53. The summed E-state index contributed by atoms with van der Waals surface area (Å²) in [6.07, 6.45) is 5.38. The third-order valence-corrected chi connectivity index (χ3v) is 3.53. The van der Waals surface area contributed by atoms with Gasteiger partial charge in [-0.05, 0) is 62.7 Å². The highest BCUT2D eigenvalue weighted by atomic mass is 35.5. The van der Waals surface area contributed by atoms with Crippen molar-refractivity contribution in [2.75, 3.05) is 14.1 Å². The van der Waals surface area contributed by atoms with E-state index in [-0.39, 0.29) is 5.82 Å². The monoisotopic (exact) mass is 253 g/mol. The third kappa shape index (κ3) is 3.08. The summed E-state index contributed by atoms with van der Waals surface area (Å²) in [5, 5.41) is 0.466. The third-order valence-electron chi connectivity index (χ3n) is 3.31. The van der Waals surface area contributed by atoms with Gasteiger partial charge < -0.3 is 4.90 Å². The molecule has 3 heteroatoms. The average Bonchev–Trinajstić information content (AvgIpc) is 2.28. The molecule has 0 aliphatic heterocycles. The topological polar surface area (TPSA) is 3.24 Å². The second-order valence-corrected chi connectivity index (χ2v) is 5.22. The van der Waals surface area contributed by atoms with Crippen LogP contribution in [-0.2, 0) is 0 Å². The van der Waals surface area contributed by atoms with Crippen LogP contribution < -0.4 is 0 Å². The first-order chi connectivity index (χ1) is 8.06. The van der Waals surface area contributed by atoms with Crippen LogP contribution in [0.1, 0.15) is 24.8 Å². The molecule has 0 saturated carbocycles. The van der Waals surface area contributed by atoms with Crippen molar-refractivity contribution in [3.8, 4) is 0 Å². The molecule has 0 amide bonds. The van der Waals surface area contributed by atoms with E-state index in [0.29, 0.717) is 11.1 Å². The van der Waals surface area contributed by atoms with Crippen LogP contribution in [0.4, 0.5) is 4.39 Å². The van der Waals surface area contributed by atoms with Crippen LogP contribution in [0.5, 0.6) is 0 Å². The molecule has 2 rings (SSSR count). The lowest BCUT2D eigenvalue weighted by molar-refractivity contribution is 0.279. The maximum absolute atomic E-state index is 13.3. The Hall–Kier alpha value is -0.860. The van der Waals surface area contributed by atoms with E-state index in [1.165, 1.54) is 18.1 Å². The van der Waals surface area contributed by atoms with Crippen LogP contribution in [0.15, 0.2) is 24.3 Å². The van der Waals surface area contributed by atoms with Crippen LogP contribution in [0, 0.1) is 5.82 Å². The lowest BCUT2D eigenvalue weighted by Crippen LogP contribution is -2.29. The Morgan fingerprint density at radius 1 is 1.29 bits per heavy atom. The average molecular weight is 254 g/mol. The van der Waals surface area contributed by atoms with E-state index in [2.05, 4.69) is 25.1 Å². The molecule has 1 aromatic carbocycles. The molecule has 0 N–H and O–H groups in total. The molecule has 1 nitrogen and oxygen atoms in total. The maximum atomic E-state index is 13.3. The SMILES string of the molecule is CN(C)C1CCC=C(c2cc(F)cc(Cl)c2)C1. The van der Waals surface area contributed by atoms with E-state index in [9.17, 15) is 4.39 Å². The predicted octanol–water partition coefficient (Wildman–Crippen LogP) is 3.98. The van der Waals surface area contributed by atoms with Gasteiger partial charge in [-0.15, -0.1) is 0 Å². The molecule has 0 heterocycles. The molecule has 1 aromatic rings. The Morgan fingerprint density at radius 3 is 2.71 bits per heavy atom. The van der Waals surface area contributed by atoms with Gasteiger partial charge in [0.25, 0.3) is 0 Å². The molecule has 0 saturated heterocycles. The van der Waals surface area contributed by atoms with Crippen molar-refractivity contribution < 1.29 is 4.39 Å². The van der Waals surface area contributed by atoms with Gasteiger partial charge >= 0.3 is 0 Å². The summed E-state index contributed by atoms with van der Waals surface area (Å²) in [5.41, 5.74) is 2.12. The van der Waals surface area contributed by atoms with E-state index >= 15 is 0 Å². The quantitative estimate of drug-likeness (QED) is 0.771. The molecule has 0 fully saturated rings. The second kappa shape index (κ2) is 5.19. The lowest BCUT2D eigenvalue weighted by Gasteiger charge is -2.28. The number of hydrogen-bond acceptors (Lipinski definition) is 1. The second-order valence-electron chi connectivity index (χ2n) is 4.79. The summed E-state index contributed by atoms with van der Waals surface area (Å²) in [7, 11) is 4.18. The normalized spacial score (nSPS) is 20.5. The van der Waals surface area contributed by atoms with Crippen LogP contribution in [0.25, 0.3) is 5.57 Å². The Kier molecular flexibility index (Phi) is 3.85. The maximum Gasteiger partial charge on any atom is 0.125 e. The minimum absolute atomic E-state index is 0.264. The standard InChI is InChI=1S/C14H17ClFN/c1-17(2)14-5-3-4-10(8-14)11-6-12(15)9-13(16)7-11/h4,6-7,9,14H,3,5,8H2,1-2H3. The fraction of sp³-hybridized carbons (Fsp3) is 0.429. The first-order valence-corrected chi connectivity index (χ1v) is 6.26. The van der Waals surface area contributed by atoms with E-state index in [1.807, 2.05) is 6.07 Å². The van der Waals surface area contributed by atoms with Crippen molar-refractivity contribution in [2.45, 2.75) is 25.3 Å². The van der Waals surface area contributed by atoms with Crippen molar-refractivity contribution >= 4 is 17.2 Å². The van der Waals surface area contributed by atoms with Gasteiger partial charge in [0.05, 0.1) is 0 Å². The van der Waals surface area contributed by atoms with Gasteiger partial charge in [-0.2, -0.15) is 0 Å². The fourth-order valence-electron chi connectivity index (χ4n) is 2.30. The van der Waals surface area contributed by atoms with Gasteiger partial charge in [-0.25, -0.2) is 4.39 Å². The van der Waals surface area contributed by atoms with Gasteiger partial charge in [0, 0.05) is 11.1 Å². The molecule has 0 radical (unpaired) electrons. The van der Waals surface area contributed by atoms with Crippen LogP contribution in [0.3, 0.4) is 0 Å². The summed E-state index contributed by atoms with van der Waals surface area (Å²) < 4.78 is 13.3. The molecule has 92 valence electrons. The van der Waals surface area contributed by atoms with Gasteiger partial charge in [0.2, 0.25) is 0 Å². The van der Waals surface area contributed by atoms with Gasteiger partial charge in [0.1, 0.15) is 5.82 Å². The molecule has 1 atom stereocenters. The zero-order valence-corrected chi connectivity index (χ0v) is 11.0. The van der Waals surface area contributed by atoms with Gasteiger partial charge in [-0.1, -0.05) is 17.7 Å². The largest absolute Gasteiger partial charge is 0.306 e. The molecular weight excluding hydrogens is 237 g/mol. The number of benzene rings is 1. The van der Waals surface area contributed by atoms with Crippen molar-refractivity contribution in [3.05, 3.63) is 40.7 Å². The summed E-state index contributed by atoms with van der Waals surface area (Å²) in [5.74, 6) is -0.264. The first kappa shape index (κ1) is 12.6. The van der Waals surface area contributed by atoms with Crippen LogP contribution >= 0.6 is 11.6 Å². The highest BCUT2D eigenvalue weighted by molar-refractivity contribution is 6.30. The zero-order valence-electron chi connectivity index (χ0n) is 10.2. The molecule has 1 aliphatic carbocycles.